The lowest BCUT2D eigenvalue weighted by atomic mass is 9.82. The maximum absolute atomic E-state index is 15.9. The van der Waals surface area contributed by atoms with Crippen molar-refractivity contribution in [3.05, 3.63) is 111 Å². The highest BCUT2D eigenvalue weighted by molar-refractivity contribution is 6.38. The second kappa shape index (κ2) is 17.1. The van der Waals surface area contributed by atoms with E-state index in [0.717, 1.165) is 41.2 Å². The summed E-state index contributed by atoms with van der Waals surface area (Å²) in [5.74, 6) is -3.04. The van der Waals surface area contributed by atoms with Crippen molar-refractivity contribution in [2.24, 2.45) is 17.6 Å². The van der Waals surface area contributed by atoms with Crippen LogP contribution >= 0.6 is 11.6 Å². The van der Waals surface area contributed by atoms with E-state index in [9.17, 15) is 29.1 Å². The van der Waals surface area contributed by atoms with E-state index in [2.05, 4.69) is 40.2 Å². The number of fused-ring (bicyclic) bond motifs is 5. The number of aromatic nitrogens is 1. The fourth-order valence-electron chi connectivity index (χ4n) is 9.08. The second-order valence-electron chi connectivity index (χ2n) is 16.3. The Labute approximate surface area is 351 Å². The Bertz CT molecular complexity index is 2410. The largest absolute Gasteiger partial charge is 0.477 e. The number of carbonyl (C=O) groups excluding carboxylic acids is 3. The van der Waals surface area contributed by atoms with Gasteiger partial charge in [-0.05, 0) is 79.7 Å². The van der Waals surface area contributed by atoms with Crippen LogP contribution in [0.4, 0.5) is 14.9 Å². The molecule has 1 saturated heterocycles. The highest BCUT2D eigenvalue weighted by Crippen LogP contribution is 2.46. The average molecular weight is 839 g/mol. The van der Waals surface area contributed by atoms with Gasteiger partial charge in [-0.1, -0.05) is 72.3 Å². The first kappa shape index (κ1) is 41.0. The minimum atomic E-state index is -1.38. The topological polar surface area (TPSA) is 185 Å². The molecule has 3 amide bonds. The zero-order valence-corrected chi connectivity index (χ0v) is 33.9. The van der Waals surface area contributed by atoms with Gasteiger partial charge in [-0.3, -0.25) is 14.4 Å². The number of carbonyl (C=O) groups is 4. The summed E-state index contributed by atoms with van der Waals surface area (Å²) >= 11 is 6.91. The van der Waals surface area contributed by atoms with Crippen molar-refractivity contribution in [1.82, 2.24) is 20.5 Å². The van der Waals surface area contributed by atoms with Crippen LogP contribution in [0.1, 0.15) is 78.9 Å². The summed E-state index contributed by atoms with van der Waals surface area (Å²) in [6.07, 6.45) is 8.47. The van der Waals surface area contributed by atoms with E-state index in [1.54, 1.807) is 11.5 Å². The van der Waals surface area contributed by atoms with E-state index in [-0.39, 0.29) is 46.5 Å². The van der Waals surface area contributed by atoms with Crippen molar-refractivity contribution in [2.45, 2.75) is 75.5 Å². The van der Waals surface area contributed by atoms with Crippen molar-refractivity contribution in [2.75, 3.05) is 31.1 Å². The van der Waals surface area contributed by atoms with Gasteiger partial charge in [-0.2, -0.15) is 0 Å². The van der Waals surface area contributed by atoms with E-state index in [1.807, 2.05) is 41.3 Å². The quantitative estimate of drug-likeness (QED) is 0.0766. The van der Waals surface area contributed by atoms with E-state index in [4.69, 9.17) is 22.1 Å². The third-order valence-corrected chi connectivity index (χ3v) is 12.7. The summed E-state index contributed by atoms with van der Waals surface area (Å²) in [4.78, 5) is 65.6. The molecule has 60 heavy (non-hydrogen) atoms. The Hall–Kier alpha value is -5.73. The van der Waals surface area contributed by atoms with Gasteiger partial charge in [0.25, 0.3) is 0 Å². The maximum atomic E-state index is 15.9. The number of hydrogen-bond donors (Lipinski definition) is 5. The molecule has 3 unspecified atom stereocenters. The molecule has 6 N–H and O–H groups in total. The fourth-order valence-corrected chi connectivity index (χ4v) is 9.49. The van der Waals surface area contributed by atoms with Gasteiger partial charge in [-0.25, -0.2) is 14.0 Å². The number of hydrogen-bond acceptors (Lipinski definition) is 8. The first-order valence-corrected chi connectivity index (χ1v) is 21.0. The smallest absolute Gasteiger partial charge is 0.407 e. The van der Waals surface area contributed by atoms with Crippen molar-refractivity contribution >= 4 is 52.1 Å². The molecule has 4 aromatic rings. The number of allylic oxidation sites excluding steroid dienone is 1. The van der Waals surface area contributed by atoms with Crippen LogP contribution < -0.4 is 32.0 Å². The maximum Gasteiger partial charge on any atom is 0.407 e. The molecule has 4 aliphatic rings. The van der Waals surface area contributed by atoms with Crippen LogP contribution in [0.15, 0.2) is 77.7 Å². The zero-order chi connectivity index (χ0) is 42.2. The number of ether oxygens (including phenoxy) is 1. The first-order chi connectivity index (χ1) is 28.9. The predicted molar refractivity (Wildman–Crippen MR) is 226 cm³/mol. The molecular formula is C45H48ClFN6O7. The Morgan fingerprint density at radius 2 is 1.72 bits per heavy atom. The molecule has 3 aliphatic carbocycles. The third-order valence-electron chi connectivity index (χ3n) is 12.4. The van der Waals surface area contributed by atoms with Crippen LogP contribution in [-0.4, -0.2) is 77.9 Å². The van der Waals surface area contributed by atoms with E-state index >= 15 is 4.39 Å². The van der Waals surface area contributed by atoms with Gasteiger partial charge >= 0.3 is 12.1 Å². The molecule has 0 radical (unpaired) electrons. The molecule has 314 valence electrons. The summed E-state index contributed by atoms with van der Waals surface area (Å²) in [5.41, 5.74) is 10.0. The number of amides is 3. The molecule has 1 aromatic heterocycles. The Balaban J connectivity index is 0.796. The average Bonchev–Trinajstić information content (AvgIpc) is 3.91. The standard InChI is InChI=1S/C45H48ClFN6O7/c1-24(50-43(56)36(48)14-6-7-18-49-45(59)60-23-34-29-12-4-2-10-27(29)28-11-3-5-13-30(28)34)42(55)51-37-15-8-9-25-20-52(21-32(25)37)40-35(47)19-31-39(38(40)46)53(26-16-17-26)22-33(41(31)54)44(57)58/h2-5,8,10-13,15,19,22,24-26,32,34,36-37H,6-7,9,14,16-18,20-21,23,48H2,1H3,(H,49,59)(H,50,56)(H,51,55)(H,57,58)/t24-,25?,32?,36+,37?/m1/s1. The molecule has 5 atom stereocenters. The number of nitrogens with one attached hydrogen (secondary N) is 3. The van der Waals surface area contributed by atoms with E-state index < -0.39 is 58.8 Å². The lowest BCUT2D eigenvalue weighted by molar-refractivity contribution is -0.129. The summed E-state index contributed by atoms with van der Waals surface area (Å²) in [5, 5.41) is 18.2. The third kappa shape index (κ3) is 8.10. The number of unbranched alkanes of at least 4 members (excludes halogenated alkanes) is 1. The van der Waals surface area contributed by atoms with E-state index in [1.165, 1.54) is 6.20 Å². The van der Waals surface area contributed by atoms with E-state index in [0.29, 0.717) is 50.8 Å². The number of halogens is 2. The second-order valence-corrected chi connectivity index (χ2v) is 16.7. The monoisotopic (exact) mass is 838 g/mol. The number of carboxylic acids is 1. The van der Waals surface area contributed by atoms with Crippen LogP contribution in [-0.2, 0) is 14.3 Å². The Kier molecular flexibility index (Phi) is 11.7. The predicted octanol–water partition coefficient (Wildman–Crippen LogP) is 5.87. The van der Waals surface area contributed by atoms with Gasteiger partial charge in [-0.15, -0.1) is 0 Å². The Morgan fingerprint density at radius 3 is 2.40 bits per heavy atom. The number of carboxylic acid groups (broad SMARTS) is 1. The highest BCUT2D eigenvalue weighted by atomic mass is 35.5. The zero-order valence-electron chi connectivity index (χ0n) is 33.2. The Morgan fingerprint density at radius 1 is 1.02 bits per heavy atom. The van der Waals surface area contributed by atoms with Gasteiger partial charge in [0, 0.05) is 43.7 Å². The summed E-state index contributed by atoms with van der Waals surface area (Å²) in [6.45, 7) is 2.98. The van der Waals surface area contributed by atoms with Gasteiger partial charge < -0.3 is 41.0 Å². The molecular weight excluding hydrogens is 791 g/mol. The SMILES string of the molecule is C[C@@H](NC(=O)[C@@H](N)CCCCNC(=O)OCC1c2ccccc2-c2ccccc21)C(=O)NC1C=CCC2CN(c3c(F)cc4c(=O)c(C(=O)O)cn(C5CC5)c4c3Cl)CC21. The van der Waals surface area contributed by atoms with Gasteiger partial charge in [0.05, 0.1) is 33.7 Å². The molecule has 0 bridgehead atoms. The van der Waals surface area contributed by atoms with Crippen molar-refractivity contribution < 1.29 is 33.4 Å². The number of nitrogens with zero attached hydrogens (tertiary/aromatic N) is 2. The molecule has 8 rings (SSSR count). The number of anilines is 1. The minimum absolute atomic E-state index is 0.0322. The summed E-state index contributed by atoms with van der Waals surface area (Å²) in [7, 11) is 0. The van der Waals surface area contributed by atoms with Crippen LogP contribution in [0, 0.1) is 17.7 Å². The molecule has 2 fully saturated rings. The number of pyridine rings is 1. The lowest BCUT2D eigenvalue weighted by Crippen LogP contribution is -2.53. The van der Waals surface area contributed by atoms with Crippen molar-refractivity contribution in [3.8, 4) is 11.1 Å². The van der Waals surface area contributed by atoms with Crippen LogP contribution in [0.25, 0.3) is 22.0 Å². The van der Waals surface area contributed by atoms with Gasteiger partial charge in [0.1, 0.15) is 24.0 Å². The molecule has 15 heteroatoms. The number of nitrogens with two attached hydrogens (primary N) is 1. The number of alkyl carbamates (subject to hydrolysis) is 1. The highest BCUT2D eigenvalue weighted by Gasteiger charge is 2.41. The van der Waals surface area contributed by atoms with Gasteiger partial charge in [0.2, 0.25) is 17.2 Å². The number of aromatic carboxylic acids is 1. The van der Waals surface area contributed by atoms with Crippen molar-refractivity contribution in [3.63, 3.8) is 0 Å². The summed E-state index contributed by atoms with van der Waals surface area (Å²) < 4.78 is 23.2. The fraction of sp³-hybridized carbons (Fsp3) is 0.400. The molecule has 3 aromatic carbocycles. The number of rotatable bonds is 14. The normalized spacial score (nSPS) is 20.2. The molecule has 1 saturated carbocycles. The van der Waals surface area contributed by atoms with Gasteiger partial charge in [0.15, 0.2) is 0 Å². The van der Waals surface area contributed by atoms with Crippen molar-refractivity contribution in [1.29, 1.82) is 0 Å². The van der Waals surface area contributed by atoms with Crippen LogP contribution in [0.2, 0.25) is 5.02 Å². The lowest BCUT2D eigenvalue weighted by Gasteiger charge is -2.30. The molecule has 0 spiro atoms. The first-order valence-electron chi connectivity index (χ1n) is 20.6. The minimum Gasteiger partial charge on any atom is -0.477 e. The molecule has 13 nitrogen and oxygen atoms in total. The summed E-state index contributed by atoms with van der Waals surface area (Å²) in [6, 6.07) is 15.2. The number of benzene rings is 3. The van der Waals surface area contributed by atoms with Crippen LogP contribution in [0.3, 0.4) is 0 Å². The van der Waals surface area contributed by atoms with Crippen LogP contribution in [0.5, 0.6) is 0 Å². The molecule has 1 aliphatic heterocycles. The molecule has 2 heterocycles.